The van der Waals surface area contributed by atoms with Gasteiger partial charge in [-0.15, -0.1) is 8.78 Å². The number of alkyl halides is 2. The normalized spacial score (nSPS) is 36.8. The summed E-state index contributed by atoms with van der Waals surface area (Å²) in [5.74, 6) is 0.105. The Morgan fingerprint density at radius 1 is 1.42 bits per heavy atom. The predicted octanol–water partition coefficient (Wildman–Crippen LogP) is 2.39. The molecule has 1 saturated heterocycles. The number of halogens is 2. The summed E-state index contributed by atoms with van der Waals surface area (Å²) in [4.78, 5) is 0. The largest absolute Gasteiger partial charge is 0.486 e. The molecule has 1 rings (SSSR count). The van der Waals surface area contributed by atoms with Crippen molar-refractivity contribution in [2.75, 3.05) is 0 Å². The van der Waals surface area contributed by atoms with Crippen molar-refractivity contribution in [1.82, 2.24) is 0 Å². The van der Waals surface area contributed by atoms with Gasteiger partial charge in [-0.2, -0.15) is 0 Å². The minimum Gasteiger partial charge on any atom is -0.290 e. The average molecular weight is 180 g/mol. The number of rotatable bonds is 2. The molecule has 1 aliphatic rings. The summed E-state index contributed by atoms with van der Waals surface area (Å²) >= 11 is 0. The summed E-state index contributed by atoms with van der Waals surface area (Å²) in [5, 5.41) is 0. The highest BCUT2D eigenvalue weighted by Crippen LogP contribution is 2.35. The fourth-order valence-corrected chi connectivity index (χ4v) is 1.38. The third kappa shape index (κ3) is 1.93. The standard InChI is InChI=1S/C8H14F2O2/c1-4-5(2)7-6(3)11-8(9,10)12-7/h5-7H,4H2,1-3H3. The van der Waals surface area contributed by atoms with Gasteiger partial charge in [0.25, 0.3) is 0 Å². The maximum Gasteiger partial charge on any atom is 0.486 e. The van der Waals surface area contributed by atoms with Crippen LogP contribution in [0.15, 0.2) is 0 Å². The summed E-state index contributed by atoms with van der Waals surface area (Å²) < 4.78 is 33.8. The van der Waals surface area contributed by atoms with Gasteiger partial charge >= 0.3 is 6.29 Å². The van der Waals surface area contributed by atoms with E-state index in [-0.39, 0.29) is 5.92 Å². The monoisotopic (exact) mass is 180 g/mol. The molecule has 0 spiro atoms. The molecule has 12 heavy (non-hydrogen) atoms. The van der Waals surface area contributed by atoms with Crippen LogP contribution in [-0.4, -0.2) is 18.5 Å². The summed E-state index contributed by atoms with van der Waals surface area (Å²) in [6, 6.07) is 0. The second-order valence-electron chi connectivity index (χ2n) is 3.25. The molecule has 0 amide bonds. The molecule has 3 unspecified atom stereocenters. The molecule has 0 bridgehead atoms. The molecular formula is C8H14F2O2. The Hall–Kier alpha value is -0.220. The van der Waals surface area contributed by atoms with Crippen molar-refractivity contribution < 1.29 is 18.3 Å². The zero-order chi connectivity index (χ0) is 9.35. The van der Waals surface area contributed by atoms with Crippen LogP contribution in [-0.2, 0) is 9.47 Å². The van der Waals surface area contributed by atoms with Crippen LogP contribution < -0.4 is 0 Å². The lowest BCUT2D eigenvalue weighted by Crippen LogP contribution is -2.26. The highest BCUT2D eigenvalue weighted by Gasteiger charge is 2.48. The van der Waals surface area contributed by atoms with Crippen molar-refractivity contribution in [2.45, 2.75) is 45.7 Å². The van der Waals surface area contributed by atoms with E-state index >= 15 is 0 Å². The van der Waals surface area contributed by atoms with E-state index in [0.717, 1.165) is 6.42 Å². The molecule has 72 valence electrons. The molecule has 0 aromatic carbocycles. The quantitative estimate of drug-likeness (QED) is 0.649. The van der Waals surface area contributed by atoms with Crippen LogP contribution in [0.5, 0.6) is 0 Å². The number of hydrogen-bond acceptors (Lipinski definition) is 2. The molecule has 0 aromatic heterocycles. The second-order valence-corrected chi connectivity index (χ2v) is 3.25. The summed E-state index contributed by atoms with van der Waals surface area (Å²) in [7, 11) is 0. The van der Waals surface area contributed by atoms with E-state index in [9.17, 15) is 8.78 Å². The first-order chi connectivity index (χ1) is 5.46. The van der Waals surface area contributed by atoms with E-state index in [2.05, 4.69) is 9.47 Å². The van der Waals surface area contributed by atoms with Crippen LogP contribution >= 0.6 is 0 Å². The van der Waals surface area contributed by atoms with Crippen molar-refractivity contribution in [3.63, 3.8) is 0 Å². The topological polar surface area (TPSA) is 18.5 Å². The predicted molar refractivity (Wildman–Crippen MR) is 39.8 cm³/mol. The van der Waals surface area contributed by atoms with Crippen LogP contribution in [0.4, 0.5) is 8.78 Å². The molecule has 0 radical (unpaired) electrons. The SMILES string of the molecule is CCC(C)C1OC(F)(F)OC1C. The molecule has 0 N–H and O–H groups in total. The minimum absolute atomic E-state index is 0.105. The smallest absolute Gasteiger partial charge is 0.290 e. The van der Waals surface area contributed by atoms with E-state index < -0.39 is 18.5 Å². The Bertz CT molecular complexity index is 161. The van der Waals surface area contributed by atoms with Crippen LogP contribution in [0.25, 0.3) is 0 Å². The van der Waals surface area contributed by atoms with Crippen molar-refractivity contribution in [3.8, 4) is 0 Å². The van der Waals surface area contributed by atoms with Gasteiger partial charge in [-0.1, -0.05) is 20.3 Å². The molecule has 0 saturated carbocycles. The summed E-state index contributed by atoms with van der Waals surface area (Å²) in [6.45, 7) is 5.43. The van der Waals surface area contributed by atoms with E-state index in [0.29, 0.717) is 0 Å². The fourth-order valence-electron chi connectivity index (χ4n) is 1.38. The van der Waals surface area contributed by atoms with Gasteiger partial charge in [-0.25, -0.2) is 0 Å². The molecular weight excluding hydrogens is 166 g/mol. The van der Waals surface area contributed by atoms with Crippen LogP contribution in [0.3, 0.4) is 0 Å². The van der Waals surface area contributed by atoms with Crippen LogP contribution in [0.2, 0.25) is 0 Å². The van der Waals surface area contributed by atoms with Gasteiger partial charge in [0.05, 0.1) is 12.2 Å². The van der Waals surface area contributed by atoms with E-state index in [1.807, 2.05) is 13.8 Å². The second kappa shape index (κ2) is 3.26. The molecule has 0 aromatic rings. The summed E-state index contributed by atoms with van der Waals surface area (Å²) in [6.07, 6.45) is -3.57. The Labute approximate surface area is 70.8 Å². The maximum atomic E-state index is 12.5. The third-order valence-electron chi connectivity index (χ3n) is 2.26. The molecule has 1 aliphatic heterocycles. The lowest BCUT2D eigenvalue weighted by Gasteiger charge is -2.18. The number of ether oxygens (including phenoxy) is 2. The Kier molecular flexibility index (Phi) is 2.68. The van der Waals surface area contributed by atoms with Gasteiger partial charge in [0.1, 0.15) is 0 Å². The molecule has 3 atom stereocenters. The first-order valence-electron chi connectivity index (χ1n) is 4.19. The highest BCUT2D eigenvalue weighted by molar-refractivity contribution is 4.77. The van der Waals surface area contributed by atoms with Gasteiger partial charge in [0, 0.05) is 0 Å². The Morgan fingerprint density at radius 3 is 2.33 bits per heavy atom. The van der Waals surface area contributed by atoms with Gasteiger partial charge in [0.2, 0.25) is 0 Å². The van der Waals surface area contributed by atoms with E-state index in [4.69, 9.17) is 0 Å². The van der Waals surface area contributed by atoms with Gasteiger partial charge in [0.15, 0.2) is 0 Å². The lowest BCUT2D eigenvalue weighted by molar-refractivity contribution is -0.352. The van der Waals surface area contributed by atoms with Crippen LogP contribution in [0.1, 0.15) is 27.2 Å². The Balaban J connectivity index is 2.57. The highest BCUT2D eigenvalue weighted by atomic mass is 19.3. The van der Waals surface area contributed by atoms with Gasteiger partial charge in [-0.05, 0) is 12.8 Å². The van der Waals surface area contributed by atoms with E-state index in [1.165, 1.54) is 0 Å². The number of hydrogen-bond donors (Lipinski definition) is 0. The van der Waals surface area contributed by atoms with Crippen molar-refractivity contribution >= 4 is 0 Å². The maximum absolute atomic E-state index is 12.5. The van der Waals surface area contributed by atoms with Crippen molar-refractivity contribution in [1.29, 1.82) is 0 Å². The zero-order valence-corrected chi connectivity index (χ0v) is 7.51. The molecule has 4 heteroatoms. The van der Waals surface area contributed by atoms with Crippen LogP contribution in [0, 0.1) is 5.92 Å². The Morgan fingerprint density at radius 2 is 2.00 bits per heavy atom. The fraction of sp³-hybridized carbons (Fsp3) is 1.00. The van der Waals surface area contributed by atoms with Crippen molar-refractivity contribution in [3.05, 3.63) is 0 Å². The molecule has 2 nitrogen and oxygen atoms in total. The van der Waals surface area contributed by atoms with E-state index in [1.54, 1.807) is 6.92 Å². The van der Waals surface area contributed by atoms with Gasteiger partial charge in [-0.3, -0.25) is 9.47 Å². The average Bonchev–Trinajstić information content (AvgIpc) is 2.23. The molecule has 0 aliphatic carbocycles. The zero-order valence-electron chi connectivity index (χ0n) is 7.51. The van der Waals surface area contributed by atoms with Crippen molar-refractivity contribution in [2.24, 2.45) is 5.92 Å². The molecule has 1 fully saturated rings. The minimum atomic E-state index is -3.38. The first kappa shape index (κ1) is 9.86. The lowest BCUT2D eigenvalue weighted by atomic mass is 9.98. The van der Waals surface area contributed by atoms with Gasteiger partial charge < -0.3 is 0 Å². The summed E-state index contributed by atoms with van der Waals surface area (Å²) in [5.41, 5.74) is 0. The first-order valence-corrected chi connectivity index (χ1v) is 4.19. The molecule has 1 heterocycles. The third-order valence-corrected chi connectivity index (χ3v) is 2.26.